The minimum atomic E-state index is -0.409. The fourth-order valence-corrected chi connectivity index (χ4v) is 2.02. The normalized spacial score (nSPS) is 10.8. The lowest BCUT2D eigenvalue weighted by atomic mass is 10.1. The molecule has 0 aliphatic rings. The number of benzene rings is 2. The van der Waals surface area contributed by atoms with Crippen LogP contribution in [0, 0.1) is 0 Å². The molecule has 0 aromatic heterocycles. The maximum atomic E-state index is 12.1. The highest BCUT2D eigenvalue weighted by Crippen LogP contribution is 2.16. The summed E-state index contributed by atoms with van der Waals surface area (Å²) in [6, 6.07) is 16.3. The zero-order valence-corrected chi connectivity index (χ0v) is 13.6. The molecule has 124 valence electrons. The predicted molar refractivity (Wildman–Crippen MR) is 92.1 cm³/mol. The lowest BCUT2D eigenvalue weighted by molar-refractivity contribution is -0.120. The van der Waals surface area contributed by atoms with Gasteiger partial charge in [0.15, 0.2) is 0 Å². The predicted octanol–water partition coefficient (Wildman–Crippen LogP) is 1.97. The van der Waals surface area contributed by atoms with Gasteiger partial charge in [0, 0.05) is 0 Å². The molecule has 6 nitrogen and oxygen atoms in total. The number of nitrogens with zero attached hydrogens (tertiary/aromatic N) is 1. The number of ether oxygens (including phenoxy) is 1. The molecule has 0 heterocycles. The summed E-state index contributed by atoms with van der Waals surface area (Å²) in [5.41, 5.74) is 4.38. The fraction of sp³-hybridized carbons (Fsp3) is 0.167. The minimum absolute atomic E-state index is 0.178. The lowest BCUT2D eigenvalue weighted by Crippen LogP contribution is -2.35. The Morgan fingerprint density at radius 3 is 2.42 bits per heavy atom. The number of rotatable bonds is 6. The van der Waals surface area contributed by atoms with Crippen LogP contribution in [0.3, 0.4) is 0 Å². The van der Waals surface area contributed by atoms with Gasteiger partial charge < -0.3 is 10.1 Å². The van der Waals surface area contributed by atoms with Crippen LogP contribution in [0.5, 0.6) is 5.75 Å². The van der Waals surface area contributed by atoms with Gasteiger partial charge in [-0.15, -0.1) is 0 Å². The van der Waals surface area contributed by atoms with E-state index < -0.39 is 5.91 Å². The molecule has 2 N–H and O–H groups in total. The smallest absolute Gasteiger partial charge is 0.259 e. The number of carbonyl (C=O) groups is 2. The first-order valence-electron chi connectivity index (χ1n) is 7.41. The number of hydrazone groups is 1. The Labute approximate surface area is 140 Å². The van der Waals surface area contributed by atoms with Crippen LogP contribution < -0.4 is 15.5 Å². The molecule has 0 fully saturated rings. The summed E-state index contributed by atoms with van der Waals surface area (Å²) >= 11 is 0. The number of nitrogens with one attached hydrogen (secondary N) is 2. The Bertz CT molecular complexity index is 742. The van der Waals surface area contributed by atoms with Crippen molar-refractivity contribution < 1.29 is 14.3 Å². The highest BCUT2D eigenvalue weighted by atomic mass is 16.5. The van der Waals surface area contributed by atoms with Crippen molar-refractivity contribution >= 4 is 17.5 Å². The van der Waals surface area contributed by atoms with Gasteiger partial charge in [-0.2, -0.15) is 5.10 Å². The van der Waals surface area contributed by atoms with Crippen LogP contribution >= 0.6 is 0 Å². The molecule has 2 aromatic rings. The molecule has 0 atom stereocenters. The van der Waals surface area contributed by atoms with Crippen LogP contribution in [-0.4, -0.2) is 31.2 Å². The summed E-state index contributed by atoms with van der Waals surface area (Å²) in [5.74, 6) is -0.340. The van der Waals surface area contributed by atoms with E-state index in [0.29, 0.717) is 17.0 Å². The second-order valence-electron chi connectivity index (χ2n) is 4.98. The summed E-state index contributed by atoms with van der Waals surface area (Å²) in [6.07, 6.45) is 0. The molecule has 2 aromatic carbocycles. The van der Waals surface area contributed by atoms with E-state index in [2.05, 4.69) is 15.8 Å². The second kappa shape index (κ2) is 8.47. The SMILES string of the molecule is COc1ccccc1C(=O)NCC(=O)N/N=C(\C)c1ccccc1. The zero-order valence-electron chi connectivity index (χ0n) is 13.6. The number of hydrogen-bond acceptors (Lipinski definition) is 4. The first-order chi connectivity index (χ1) is 11.6. The number of amides is 2. The van der Waals surface area contributed by atoms with Gasteiger partial charge in [-0.25, -0.2) is 5.43 Å². The van der Waals surface area contributed by atoms with E-state index in [-0.39, 0.29) is 12.5 Å². The molecule has 0 unspecified atom stereocenters. The van der Waals surface area contributed by atoms with Crippen LogP contribution in [0.1, 0.15) is 22.8 Å². The van der Waals surface area contributed by atoms with E-state index >= 15 is 0 Å². The third-order valence-electron chi connectivity index (χ3n) is 3.30. The van der Waals surface area contributed by atoms with Gasteiger partial charge in [-0.3, -0.25) is 9.59 Å². The fourth-order valence-electron chi connectivity index (χ4n) is 2.02. The quantitative estimate of drug-likeness (QED) is 0.629. The Balaban J connectivity index is 1.88. The van der Waals surface area contributed by atoms with Crippen LogP contribution in [0.25, 0.3) is 0 Å². The molecular weight excluding hydrogens is 306 g/mol. The number of hydrogen-bond donors (Lipinski definition) is 2. The summed E-state index contributed by atoms with van der Waals surface area (Å²) in [7, 11) is 1.49. The molecule has 2 rings (SSSR count). The molecule has 0 saturated heterocycles. The van der Waals surface area contributed by atoms with Crippen LogP contribution in [0.2, 0.25) is 0 Å². The van der Waals surface area contributed by atoms with E-state index in [0.717, 1.165) is 5.56 Å². The highest BCUT2D eigenvalue weighted by molar-refractivity contribution is 6.00. The standard InChI is InChI=1S/C18H19N3O3/c1-13(14-8-4-3-5-9-14)20-21-17(22)12-19-18(23)15-10-6-7-11-16(15)24-2/h3-11H,12H2,1-2H3,(H,19,23)(H,21,22)/b20-13+. The molecule has 0 spiro atoms. The second-order valence-corrected chi connectivity index (χ2v) is 4.98. The molecule has 0 bridgehead atoms. The van der Waals surface area contributed by atoms with Gasteiger partial charge in [-0.1, -0.05) is 42.5 Å². The van der Waals surface area contributed by atoms with Gasteiger partial charge in [0.05, 0.1) is 24.9 Å². The maximum Gasteiger partial charge on any atom is 0.259 e. The molecule has 2 amide bonds. The monoisotopic (exact) mass is 325 g/mol. The van der Waals surface area contributed by atoms with Gasteiger partial charge >= 0.3 is 0 Å². The molecule has 0 aliphatic heterocycles. The number of para-hydroxylation sites is 1. The molecule has 6 heteroatoms. The van der Waals surface area contributed by atoms with Crippen LogP contribution in [0.15, 0.2) is 59.7 Å². The average molecular weight is 325 g/mol. The van der Waals surface area contributed by atoms with Crippen molar-refractivity contribution in [2.24, 2.45) is 5.10 Å². The number of carbonyl (C=O) groups excluding carboxylic acids is 2. The van der Waals surface area contributed by atoms with Gasteiger partial charge in [0.25, 0.3) is 11.8 Å². The topological polar surface area (TPSA) is 79.8 Å². The Morgan fingerprint density at radius 2 is 1.71 bits per heavy atom. The van der Waals surface area contributed by atoms with Crippen molar-refractivity contribution in [3.8, 4) is 5.75 Å². The summed E-state index contributed by atoms with van der Waals surface area (Å²) in [4.78, 5) is 23.9. The van der Waals surface area contributed by atoms with E-state index in [9.17, 15) is 9.59 Å². The molecule has 24 heavy (non-hydrogen) atoms. The molecular formula is C18H19N3O3. The van der Waals surface area contributed by atoms with Crippen molar-refractivity contribution in [1.29, 1.82) is 0 Å². The van der Waals surface area contributed by atoms with Crippen LogP contribution in [-0.2, 0) is 4.79 Å². The first-order valence-corrected chi connectivity index (χ1v) is 7.41. The Hall–Kier alpha value is -3.15. The largest absolute Gasteiger partial charge is 0.496 e. The van der Waals surface area contributed by atoms with Crippen LogP contribution in [0.4, 0.5) is 0 Å². The van der Waals surface area contributed by atoms with Crippen molar-refractivity contribution in [2.75, 3.05) is 13.7 Å². The lowest BCUT2D eigenvalue weighted by Gasteiger charge is -2.08. The van der Waals surface area contributed by atoms with E-state index in [4.69, 9.17) is 4.74 Å². The Morgan fingerprint density at radius 1 is 1.04 bits per heavy atom. The minimum Gasteiger partial charge on any atom is -0.496 e. The third-order valence-corrected chi connectivity index (χ3v) is 3.30. The molecule has 0 aliphatic carbocycles. The highest BCUT2D eigenvalue weighted by Gasteiger charge is 2.12. The van der Waals surface area contributed by atoms with Crippen molar-refractivity contribution in [2.45, 2.75) is 6.92 Å². The summed E-state index contributed by atoms with van der Waals surface area (Å²) in [6.45, 7) is 1.62. The third kappa shape index (κ3) is 4.67. The maximum absolute atomic E-state index is 12.1. The summed E-state index contributed by atoms with van der Waals surface area (Å²) in [5, 5.41) is 6.56. The molecule has 0 radical (unpaired) electrons. The zero-order chi connectivity index (χ0) is 17.4. The summed E-state index contributed by atoms with van der Waals surface area (Å²) < 4.78 is 5.12. The van der Waals surface area contributed by atoms with Gasteiger partial charge in [0.1, 0.15) is 5.75 Å². The van der Waals surface area contributed by atoms with E-state index in [1.807, 2.05) is 30.3 Å². The van der Waals surface area contributed by atoms with Crippen molar-refractivity contribution in [3.63, 3.8) is 0 Å². The van der Waals surface area contributed by atoms with E-state index in [1.165, 1.54) is 7.11 Å². The first kappa shape index (κ1) is 17.2. The van der Waals surface area contributed by atoms with Gasteiger partial charge in [0.2, 0.25) is 0 Å². The average Bonchev–Trinajstić information content (AvgIpc) is 2.64. The van der Waals surface area contributed by atoms with Crippen molar-refractivity contribution in [3.05, 3.63) is 65.7 Å². The van der Waals surface area contributed by atoms with Crippen molar-refractivity contribution in [1.82, 2.24) is 10.7 Å². The molecule has 0 saturated carbocycles. The number of methoxy groups -OCH3 is 1. The Kier molecular flexibility index (Phi) is 6.08. The van der Waals surface area contributed by atoms with Gasteiger partial charge in [-0.05, 0) is 24.6 Å². The van der Waals surface area contributed by atoms with E-state index in [1.54, 1.807) is 31.2 Å².